The number of fused-ring (bicyclic) bond motifs is 1. The van der Waals surface area contributed by atoms with Gasteiger partial charge in [-0.3, -0.25) is 14.9 Å². The molecule has 0 bridgehead atoms. The Labute approximate surface area is 196 Å². The maximum Gasteiger partial charge on any atom is 0.275 e. The molecule has 2 aromatic heterocycles. The molecule has 1 amide bonds. The lowest BCUT2D eigenvalue weighted by Crippen LogP contribution is -2.43. The molecule has 2 fully saturated rings. The first kappa shape index (κ1) is 23.2. The quantitative estimate of drug-likeness (QED) is 0.506. The molecular weight excluding hydrogens is 470 g/mol. The first-order valence-corrected chi connectivity index (χ1v) is 11.1. The minimum atomic E-state index is -2.84. The predicted octanol–water partition coefficient (Wildman–Crippen LogP) is 3.74. The Morgan fingerprint density at radius 1 is 1.23 bits per heavy atom. The van der Waals surface area contributed by atoms with E-state index in [1.165, 1.54) is 18.2 Å². The van der Waals surface area contributed by atoms with Gasteiger partial charge < -0.3 is 4.74 Å². The number of hydrogen-bond acceptors (Lipinski definition) is 6. The highest BCUT2D eigenvalue weighted by molar-refractivity contribution is 5.90. The van der Waals surface area contributed by atoms with Crippen LogP contribution in [0.25, 0.3) is 10.8 Å². The molecule has 1 aromatic carbocycles. The van der Waals surface area contributed by atoms with Crippen LogP contribution in [0.15, 0.2) is 35.4 Å². The second kappa shape index (κ2) is 8.28. The highest BCUT2D eigenvalue weighted by Gasteiger charge is 2.46. The van der Waals surface area contributed by atoms with Crippen LogP contribution in [0, 0.1) is 11.7 Å². The van der Waals surface area contributed by atoms with E-state index in [2.05, 4.69) is 20.4 Å². The summed E-state index contributed by atoms with van der Waals surface area (Å²) in [6.07, 6.45) is 2.10. The molecule has 12 heteroatoms. The Morgan fingerprint density at radius 2 is 1.91 bits per heavy atom. The third kappa shape index (κ3) is 4.69. The van der Waals surface area contributed by atoms with E-state index in [1.54, 1.807) is 0 Å². The smallest absolute Gasteiger partial charge is 0.275 e. The van der Waals surface area contributed by atoms with Crippen molar-refractivity contribution in [3.8, 4) is 5.88 Å². The molecule has 0 spiro atoms. The molecular formula is C23H21F4N5O3. The van der Waals surface area contributed by atoms with Crippen LogP contribution in [0.5, 0.6) is 5.88 Å². The van der Waals surface area contributed by atoms with Crippen molar-refractivity contribution in [1.29, 1.82) is 0 Å². The number of carbonyl (C=O) groups is 1. The van der Waals surface area contributed by atoms with E-state index >= 15 is 0 Å². The van der Waals surface area contributed by atoms with Gasteiger partial charge in [0.25, 0.3) is 5.56 Å². The number of nitrogens with one attached hydrogen (secondary N) is 1. The molecule has 2 saturated carbocycles. The molecule has 2 aliphatic carbocycles. The van der Waals surface area contributed by atoms with E-state index in [0.29, 0.717) is 18.4 Å². The van der Waals surface area contributed by atoms with Crippen LogP contribution in [-0.4, -0.2) is 37.7 Å². The minimum Gasteiger partial charge on any atom is -0.473 e. The van der Waals surface area contributed by atoms with E-state index in [9.17, 15) is 27.2 Å². The van der Waals surface area contributed by atoms with Crippen LogP contribution in [0.4, 0.5) is 23.5 Å². The van der Waals surface area contributed by atoms with Gasteiger partial charge in [-0.2, -0.15) is 0 Å². The minimum absolute atomic E-state index is 0.0422. The number of amides is 1. The Bertz CT molecular complexity index is 1350. The van der Waals surface area contributed by atoms with Crippen molar-refractivity contribution in [3.63, 3.8) is 0 Å². The summed E-state index contributed by atoms with van der Waals surface area (Å²) in [6.45, 7) is 0.314. The molecule has 2 heterocycles. The Balaban J connectivity index is 1.45. The van der Waals surface area contributed by atoms with Crippen molar-refractivity contribution in [2.45, 2.75) is 56.8 Å². The fourth-order valence-corrected chi connectivity index (χ4v) is 4.04. The third-order valence-corrected chi connectivity index (χ3v) is 6.39. The molecule has 0 radical (unpaired) electrons. The maximum atomic E-state index is 14.7. The molecule has 5 rings (SSSR count). The lowest BCUT2D eigenvalue weighted by molar-refractivity contribution is -0.117. The molecule has 0 aliphatic heterocycles. The maximum absolute atomic E-state index is 14.7. The normalized spacial score (nSPS) is 20.8. The van der Waals surface area contributed by atoms with Gasteiger partial charge >= 0.3 is 0 Å². The fourth-order valence-electron chi connectivity index (χ4n) is 4.04. The predicted molar refractivity (Wildman–Crippen MR) is 116 cm³/mol. The molecule has 0 atom stereocenters. The highest BCUT2D eigenvalue weighted by atomic mass is 19.3. The highest BCUT2D eigenvalue weighted by Crippen LogP contribution is 2.50. The van der Waals surface area contributed by atoms with Crippen LogP contribution in [0.1, 0.15) is 38.2 Å². The summed E-state index contributed by atoms with van der Waals surface area (Å²) in [7, 11) is 0. The summed E-state index contributed by atoms with van der Waals surface area (Å²) in [5, 5.41) is 6.89. The number of nitrogens with zero attached hydrogens (tertiary/aromatic N) is 4. The van der Waals surface area contributed by atoms with Gasteiger partial charge in [-0.15, -0.1) is 5.10 Å². The fraction of sp³-hybridized carbons (Fsp3) is 0.435. The summed E-state index contributed by atoms with van der Waals surface area (Å²) >= 11 is 0. The molecule has 8 nitrogen and oxygen atoms in total. The summed E-state index contributed by atoms with van der Waals surface area (Å²) in [5.41, 5.74) is -1.71. The van der Waals surface area contributed by atoms with Crippen molar-refractivity contribution in [2.75, 3.05) is 5.32 Å². The molecule has 0 saturated heterocycles. The van der Waals surface area contributed by atoms with Crippen molar-refractivity contribution in [1.82, 2.24) is 19.7 Å². The third-order valence-electron chi connectivity index (χ3n) is 6.39. The molecule has 184 valence electrons. The zero-order chi connectivity index (χ0) is 25.0. The summed E-state index contributed by atoms with van der Waals surface area (Å²) in [6, 6.07) is 4.45. The summed E-state index contributed by atoms with van der Waals surface area (Å²) in [4.78, 5) is 32.7. The van der Waals surface area contributed by atoms with E-state index < -0.39 is 47.4 Å². The lowest BCUT2D eigenvalue weighted by Gasteiger charge is -2.38. The zero-order valence-electron chi connectivity index (χ0n) is 18.6. The Hall–Kier alpha value is -3.57. The second-order valence-electron chi connectivity index (χ2n) is 9.13. The average Bonchev–Trinajstić information content (AvgIpc) is 3.52. The number of ether oxygens (including phenoxy) is 1. The number of carbonyl (C=O) groups excluding carboxylic acids is 1. The lowest BCUT2D eigenvalue weighted by atomic mass is 9.78. The van der Waals surface area contributed by atoms with Crippen LogP contribution in [0.3, 0.4) is 0 Å². The Kier molecular flexibility index (Phi) is 5.48. The van der Waals surface area contributed by atoms with Gasteiger partial charge in [0.15, 0.2) is 5.82 Å². The molecule has 1 N–H and O–H groups in total. The number of benzene rings is 1. The average molecular weight is 491 g/mol. The van der Waals surface area contributed by atoms with Crippen molar-refractivity contribution in [3.05, 3.63) is 52.3 Å². The number of hydrogen-bond donors (Lipinski definition) is 1. The molecule has 0 unspecified atom stereocenters. The van der Waals surface area contributed by atoms with E-state index in [0.717, 1.165) is 24.0 Å². The van der Waals surface area contributed by atoms with Gasteiger partial charge in [-0.1, -0.05) is 6.07 Å². The number of rotatable bonds is 7. The van der Waals surface area contributed by atoms with Crippen molar-refractivity contribution < 1.29 is 27.1 Å². The van der Waals surface area contributed by atoms with Crippen molar-refractivity contribution >= 4 is 22.6 Å². The van der Waals surface area contributed by atoms with Gasteiger partial charge in [0.2, 0.25) is 23.7 Å². The number of aromatic nitrogens is 4. The van der Waals surface area contributed by atoms with E-state index in [1.807, 2.05) is 0 Å². The topological polar surface area (TPSA) is 99.0 Å². The molecule has 3 aromatic rings. The van der Waals surface area contributed by atoms with E-state index in [-0.39, 0.29) is 35.4 Å². The summed E-state index contributed by atoms with van der Waals surface area (Å²) < 4.78 is 61.5. The summed E-state index contributed by atoms with van der Waals surface area (Å²) in [5.74, 6) is -5.26. The number of halogens is 4. The first-order chi connectivity index (χ1) is 16.5. The largest absolute Gasteiger partial charge is 0.473 e. The zero-order valence-corrected chi connectivity index (χ0v) is 18.6. The van der Waals surface area contributed by atoms with Gasteiger partial charge in [-0.25, -0.2) is 32.2 Å². The Morgan fingerprint density at radius 3 is 2.54 bits per heavy atom. The SMILES string of the molecule is CC(F)(F)C1CC(Oc2nn(CC(=O)Nc3ncc(F)cn3)c(=O)c3ccc(C4(F)CC4)cc23)C1. The number of anilines is 1. The monoisotopic (exact) mass is 491 g/mol. The standard InChI is InChI=1S/C23H21F4N5O3/c1-22(25,26)13-6-15(7-13)35-19-17-8-12(23(27)4-5-23)2-3-16(17)20(34)32(31-19)11-18(33)30-21-28-9-14(24)10-29-21/h2-3,8-10,13,15H,4-7,11H2,1H3,(H,28,29,30,33). The van der Waals surface area contributed by atoms with Crippen LogP contribution < -0.4 is 15.6 Å². The van der Waals surface area contributed by atoms with E-state index in [4.69, 9.17) is 4.74 Å². The van der Waals surface area contributed by atoms with Gasteiger partial charge in [0, 0.05) is 5.92 Å². The van der Waals surface area contributed by atoms with Gasteiger partial charge in [0.1, 0.15) is 18.3 Å². The van der Waals surface area contributed by atoms with Crippen LogP contribution in [-0.2, 0) is 17.0 Å². The van der Waals surface area contributed by atoms with Crippen molar-refractivity contribution in [2.24, 2.45) is 5.92 Å². The molecule has 2 aliphatic rings. The van der Waals surface area contributed by atoms with Crippen LogP contribution in [0.2, 0.25) is 0 Å². The molecule has 35 heavy (non-hydrogen) atoms. The van der Waals surface area contributed by atoms with Gasteiger partial charge in [-0.05, 0) is 50.3 Å². The second-order valence-corrected chi connectivity index (χ2v) is 9.13. The van der Waals surface area contributed by atoms with Gasteiger partial charge in [0.05, 0.1) is 23.2 Å². The number of alkyl halides is 3. The first-order valence-electron chi connectivity index (χ1n) is 11.1. The van der Waals surface area contributed by atoms with Crippen LogP contribution >= 0.6 is 0 Å².